The molecule has 0 amide bonds. The van der Waals surface area contributed by atoms with E-state index in [-0.39, 0.29) is 0 Å². The van der Waals surface area contributed by atoms with E-state index in [9.17, 15) is 0 Å². The van der Waals surface area contributed by atoms with Crippen molar-refractivity contribution < 1.29 is 0 Å². The molecule has 0 aliphatic heterocycles. The van der Waals surface area contributed by atoms with Gasteiger partial charge in [-0.25, -0.2) is 0 Å². The van der Waals surface area contributed by atoms with Crippen LogP contribution in [0.5, 0.6) is 0 Å². The zero-order valence-corrected chi connectivity index (χ0v) is 17.0. The van der Waals surface area contributed by atoms with Gasteiger partial charge >= 0.3 is 168 Å². The van der Waals surface area contributed by atoms with Crippen molar-refractivity contribution in [1.29, 1.82) is 0 Å². The van der Waals surface area contributed by atoms with Gasteiger partial charge in [-0.2, -0.15) is 0 Å². The molecule has 0 N–H and O–H groups in total. The summed E-state index contributed by atoms with van der Waals surface area (Å²) < 4.78 is 0. The van der Waals surface area contributed by atoms with E-state index in [0.717, 1.165) is 11.7 Å². The first-order chi connectivity index (χ1) is 13.8. The Balaban J connectivity index is 1.96. The molecule has 0 spiro atoms. The summed E-state index contributed by atoms with van der Waals surface area (Å²) >= 11 is 0. The van der Waals surface area contributed by atoms with Gasteiger partial charge in [0, 0.05) is 0 Å². The van der Waals surface area contributed by atoms with E-state index in [2.05, 4.69) is 122 Å². The summed E-state index contributed by atoms with van der Waals surface area (Å²) in [5, 5.41) is 4.33. The Morgan fingerprint density at radius 2 is 0.929 bits per heavy atom. The van der Waals surface area contributed by atoms with Crippen LogP contribution in [-0.4, -0.2) is 0 Å². The Kier molecular flexibility index (Phi) is 5.51. The first-order valence-corrected chi connectivity index (χ1v) is 11.9. The van der Waals surface area contributed by atoms with Gasteiger partial charge in [-0.15, -0.1) is 0 Å². The van der Waals surface area contributed by atoms with Crippen molar-refractivity contribution in [2.24, 2.45) is 0 Å². The first kappa shape index (κ1) is 18.4. The second-order valence-electron chi connectivity index (χ2n) is 7.13. The van der Waals surface area contributed by atoms with Crippen LogP contribution < -0.4 is 15.9 Å². The maximum absolute atomic E-state index is 3.89. The zero-order valence-electron chi connectivity index (χ0n) is 16.0. The molecular weight excluding hydrogens is 355 g/mol. The predicted molar refractivity (Wildman–Crippen MR) is 127 cm³/mol. The maximum atomic E-state index is 3.89. The molecule has 0 saturated carbocycles. The summed E-state index contributed by atoms with van der Waals surface area (Å²) in [5.74, 6) is 0. The molecule has 0 atom stereocenters. The van der Waals surface area contributed by atoms with E-state index in [1.807, 2.05) is 6.08 Å². The van der Waals surface area contributed by atoms with Gasteiger partial charge in [-0.05, 0) is 0 Å². The molecule has 0 radical (unpaired) electrons. The van der Waals surface area contributed by atoms with Crippen molar-refractivity contribution in [2.45, 2.75) is 6.16 Å². The average molecular weight is 380 g/mol. The zero-order chi connectivity index (χ0) is 19.2. The summed E-state index contributed by atoms with van der Waals surface area (Å²) in [4.78, 5) is 0. The minimum atomic E-state index is -2.22. The van der Waals surface area contributed by atoms with Crippen LogP contribution in [0.2, 0.25) is 0 Å². The second kappa shape index (κ2) is 8.38. The van der Waals surface area contributed by atoms with Crippen LogP contribution in [0, 0.1) is 0 Å². The van der Waals surface area contributed by atoms with Crippen LogP contribution in [0.4, 0.5) is 0 Å². The molecule has 0 unspecified atom stereocenters. The second-order valence-corrected chi connectivity index (χ2v) is 11.0. The van der Waals surface area contributed by atoms with Gasteiger partial charge in [-0.1, -0.05) is 0 Å². The Bertz CT molecular complexity index is 923. The number of hydrogen-bond acceptors (Lipinski definition) is 0. The van der Waals surface area contributed by atoms with Gasteiger partial charge in [0.2, 0.25) is 0 Å². The molecule has 0 aromatic heterocycles. The quantitative estimate of drug-likeness (QED) is 0.384. The summed E-state index contributed by atoms with van der Waals surface area (Å²) in [6.45, 7) is 3.89. The monoisotopic (exact) mass is 380 g/mol. The molecule has 0 nitrogen and oxygen atoms in total. The number of benzene rings is 4. The van der Waals surface area contributed by atoms with Crippen molar-refractivity contribution in [3.63, 3.8) is 0 Å². The molecule has 28 heavy (non-hydrogen) atoms. The SMILES string of the molecule is C=Cc1ccc(C[PH](c2ccccc2)(c2ccccc2)c2ccccc2)cc1. The van der Waals surface area contributed by atoms with Crippen LogP contribution in [0.3, 0.4) is 0 Å². The molecule has 1 heteroatoms. The van der Waals surface area contributed by atoms with E-state index < -0.39 is 7.26 Å². The summed E-state index contributed by atoms with van der Waals surface area (Å²) in [6, 6.07) is 42.1. The van der Waals surface area contributed by atoms with Crippen molar-refractivity contribution in [1.82, 2.24) is 0 Å². The predicted octanol–water partition coefficient (Wildman–Crippen LogP) is 5.56. The standard InChI is InChI=1S/C27H25P/c1-2-23-18-20-24(21-19-23)22-28(25-12-6-3-7-13-25,26-14-8-4-9-15-26)27-16-10-5-11-17-27/h2-21,28H,1,22H2. The normalized spacial score (nSPS) is 11.7. The number of hydrogen-bond donors (Lipinski definition) is 0. The van der Waals surface area contributed by atoms with E-state index in [1.54, 1.807) is 0 Å². The fourth-order valence-corrected chi connectivity index (χ4v) is 8.80. The van der Waals surface area contributed by atoms with Gasteiger partial charge < -0.3 is 0 Å². The molecule has 4 rings (SSSR count). The average Bonchev–Trinajstić information content (AvgIpc) is 2.80. The minimum absolute atomic E-state index is 1.03. The van der Waals surface area contributed by atoms with Gasteiger partial charge in [0.05, 0.1) is 0 Å². The van der Waals surface area contributed by atoms with Crippen LogP contribution in [-0.2, 0) is 6.16 Å². The fourth-order valence-electron chi connectivity index (χ4n) is 4.05. The Labute approximate surface area is 168 Å². The third-order valence-electron chi connectivity index (χ3n) is 5.48. The van der Waals surface area contributed by atoms with E-state index >= 15 is 0 Å². The molecule has 0 heterocycles. The fraction of sp³-hybridized carbons (Fsp3) is 0.0370. The van der Waals surface area contributed by atoms with Crippen molar-refractivity contribution in [2.75, 3.05) is 0 Å². The van der Waals surface area contributed by atoms with Crippen molar-refractivity contribution in [3.05, 3.63) is 133 Å². The molecule has 138 valence electrons. The third-order valence-corrected chi connectivity index (χ3v) is 10.4. The van der Waals surface area contributed by atoms with Gasteiger partial charge in [0.25, 0.3) is 0 Å². The Morgan fingerprint density at radius 1 is 0.536 bits per heavy atom. The molecule has 4 aromatic carbocycles. The van der Waals surface area contributed by atoms with Crippen LogP contribution in [0.1, 0.15) is 11.1 Å². The molecule has 4 aromatic rings. The Morgan fingerprint density at radius 3 is 1.29 bits per heavy atom. The number of rotatable bonds is 6. The molecule has 0 aliphatic carbocycles. The summed E-state index contributed by atoms with van der Waals surface area (Å²) in [6.07, 6.45) is 2.93. The first-order valence-electron chi connectivity index (χ1n) is 9.71. The van der Waals surface area contributed by atoms with Crippen molar-refractivity contribution in [3.8, 4) is 0 Å². The summed E-state index contributed by atoms with van der Waals surface area (Å²) in [5.41, 5.74) is 2.53. The van der Waals surface area contributed by atoms with E-state index in [1.165, 1.54) is 21.5 Å². The van der Waals surface area contributed by atoms with E-state index in [4.69, 9.17) is 0 Å². The van der Waals surface area contributed by atoms with Gasteiger partial charge in [-0.3, -0.25) is 0 Å². The molecular formula is C27H25P. The molecule has 0 saturated heterocycles. The van der Waals surface area contributed by atoms with Gasteiger partial charge in [0.1, 0.15) is 0 Å². The third kappa shape index (κ3) is 3.57. The molecule has 0 fully saturated rings. The molecule has 0 aliphatic rings. The van der Waals surface area contributed by atoms with E-state index in [0.29, 0.717) is 0 Å². The van der Waals surface area contributed by atoms with Crippen molar-refractivity contribution >= 4 is 29.3 Å². The van der Waals surface area contributed by atoms with Crippen LogP contribution >= 0.6 is 7.26 Å². The Hall–Kier alpha value is -2.95. The van der Waals surface area contributed by atoms with Crippen LogP contribution in [0.25, 0.3) is 6.08 Å². The summed E-state index contributed by atoms with van der Waals surface area (Å²) in [7, 11) is -2.22. The van der Waals surface area contributed by atoms with Gasteiger partial charge in [0.15, 0.2) is 0 Å². The topological polar surface area (TPSA) is 0 Å². The van der Waals surface area contributed by atoms with Crippen LogP contribution in [0.15, 0.2) is 122 Å². The molecule has 0 bridgehead atoms.